The lowest BCUT2D eigenvalue weighted by Crippen LogP contribution is -2.37. The first kappa shape index (κ1) is 17.6. The van der Waals surface area contributed by atoms with Gasteiger partial charge in [-0.05, 0) is 37.3 Å². The van der Waals surface area contributed by atoms with Gasteiger partial charge in [-0.25, -0.2) is 0 Å². The molecular weight excluding hydrogens is 340 g/mol. The third kappa shape index (κ3) is 4.05. The fourth-order valence-corrected chi connectivity index (χ4v) is 3.79. The molecule has 2 aromatic rings. The van der Waals surface area contributed by atoms with Crippen LogP contribution < -0.4 is 0 Å². The number of ether oxygens (including phenoxy) is 1. The number of nitro groups is 1. The summed E-state index contributed by atoms with van der Waals surface area (Å²) in [7, 11) is 0. The number of rotatable bonds is 6. The molecule has 0 aliphatic carbocycles. The summed E-state index contributed by atoms with van der Waals surface area (Å²) < 4.78 is 5.68. The van der Waals surface area contributed by atoms with Gasteiger partial charge in [-0.15, -0.1) is 11.3 Å². The van der Waals surface area contributed by atoms with E-state index in [4.69, 9.17) is 4.74 Å². The zero-order valence-corrected chi connectivity index (χ0v) is 14.8. The van der Waals surface area contributed by atoms with E-state index in [0.29, 0.717) is 24.2 Å². The van der Waals surface area contributed by atoms with E-state index in [-0.39, 0.29) is 17.7 Å². The fourth-order valence-electron chi connectivity index (χ4n) is 3.07. The number of nitro benzene ring substituents is 1. The van der Waals surface area contributed by atoms with Gasteiger partial charge in [0.25, 0.3) is 11.6 Å². The molecule has 132 valence electrons. The smallest absolute Gasteiger partial charge is 0.273 e. The van der Waals surface area contributed by atoms with Crippen molar-refractivity contribution in [2.45, 2.75) is 32.4 Å². The van der Waals surface area contributed by atoms with E-state index < -0.39 is 4.92 Å². The highest BCUT2D eigenvalue weighted by atomic mass is 32.1. The summed E-state index contributed by atoms with van der Waals surface area (Å²) in [6, 6.07) is 8.58. The summed E-state index contributed by atoms with van der Waals surface area (Å²) in [5.74, 6) is -0.190. The van der Waals surface area contributed by atoms with Gasteiger partial charge in [-0.2, -0.15) is 0 Å². The average molecular weight is 360 g/mol. The Morgan fingerprint density at radius 1 is 1.40 bits per heavy atom. The molecule has 2 heterocycles. The molecule has 1 aliphatic heterocycles. The maximum Gasteiger partial charge on any atom is 0.273 e. The second-order valence-corrected chi connectivity index (χ2v) is 7.14. The third-order valence-electron chi connectivity index (χ3n) is 4.39. The fraction of sp³-hybridized carbons (Fsp3) is 0.389. The molecule has 1 saturated heterocycles. The summed E-state index contributed by atoms with van der Waals surface area (Å²) in [6.07, 6.45) is 1.96. The lowest BCUT2D eigenvalue weighted by Gasteiger charge is -2.25. The van der Waals surface area contributed by atoms with Gasteiger partial charge >= 0.3 is 0 Å². The standard InChI is InChI=1S/C18H20N2O4S/c1-13-16(7-2-8-17(13)20(22)23)18(21)19(11-14-5-3-9-24-14)12-15-6-4-10-25-15/h2,4,6-8,10,14H,3,5,9,11-12H2,1H3. The van der Waals surface area contributed by atoms with Gasteiger partial charge in [0.15, 0.2) is 0 Å². The highest BCUT2D eigenvalue weighted by Crippen LogP contribution is 2.24. The zero-order chi connectivity index (χ0) is 17.8. The van der Waals surface area contributed by atoms with Crippen molar-refractivity contribution in [1.29, 1.82) is 0 Å². The Morgan fingerprint density at radius 2 is 2.24 bits per heavy atom. The minimum atomic E-state index is -0.449. The molecular formula is C18H20N2O4S. The first-order valence-electron chi connectivity index (χ1n) is 8.23. The SMILES string of the molecule is Cc1c(C(=O)N(Cc2cccs2)CC2CCCO2)cccc1[N+](=O)[O-]. The number of hydrogen-bond acceptors (Lipinski definition) is 5. The van der Waals surface area contributed by atoms with E-state index in [1.165, 1.54) is 6.07 Å². The van der Waals surface area contributed by atoms with Crippen molar-refractivity contribution in [2.75, 3.05) is 13.2 Å². The molecule has 1 fully saturated rings. The van der Waals surface area contributed by atoms with Crippen LogP contribution in [-0.4, -0.2) is 35.0 Å². The van der Waals surface area contributed by atoms with Crippen molar-refractivity contribution >= 4 is 22.9 Å². The van der Waals surface area contributed by atoms with E-state index in [1.807, 2.05) is 17.5 Å². The van der Waals surface area contributed by atoms with Crippen molar-refractivity contribution in [3.05, 3.63) is 61.8 Å². The van der Waals surface area contributed by atoms with Crippen LogP contribution >= 0.6 is 11.3 Å². The number of amides is 1. The van der Waals surface area contributed by atoms with Gasteiger partial charge in [0, 0.05) is 35.2 Å². The van der Waals surface area contributed by atoms with Crippen LogP contribution in [0.1, 0.15) is 33.6 Å². The number of nitrogens with zero attached hydrogens (tertiary/aromatic N) is 2. The molecule has 0 bridgehead atoms. The molecule has 7 heteroatoms. The predicted molar refractivity (Wildman–Crippen MR) is 95.9 cm³/mol. The van der Waals surface area contributed by atoms with Crippen molar-refractivity contribution in [1.82, 2.24) is 4.90 Å². The van der Waals surface area contributed by atoms with Gasteiger partial charge in [0.05, 0.1) is 17.6 Å². The Kier molecular flexibility index (Phi) is 5.45. The van der Waals surface area contributed by atoms with Crippen LogP contribution in [0.3, 0.4) is 0 Å². The van der Waals surface area contributed by atoms with Crippen molar-refractivity contribution in [3.63, 3.8) is 0 Å². The van der Waals surface area contributed by atoms with Crippen LogP contribution in [0.25, 0.3) is 0 Å². The van der Waals surface area contributed by atoms with Crippen LogP contribution in [0.2, 0.25) is 0 Å². The summed E-state index contributed by atoms with van der Waals surface area (Å²) >= 11 is 1.59. The van der Waals surface area contributed by atoms with E-state index in [1.54, 1.807) is 35.3 Å². The Balaban J connectivity index is 1.87. The number of carbonyl (C=O) groups is 1. The molecule has 0 saturated carbocycles. The second kappa shape index (κ2) is 7.76. The maximum absolute atomic E-state index is 13.1. The number of carbonyl (C=O) groups excluding carboxylic acids is 1. The second-order valence-electron chi connectivity index (χ2n) is 6.11. The van der Waals surface area contributed by atoms with Gasteiger partial charge in [-0.3, -0.25) is 14.9 Å². The molecule has 0 N–H and O–H groups in total. The predicted octanol–water partition coefficient (Wildman–Crippen LogP) is 3.79. The summed E-state index contributed by atoms with van der Waals surface area (Å²) in [4.78, 5) is 26.6. The monoisotopic (exact) mass is 360 g/mol. The molecule has 0 spiro atoms. The van der Waals surface area contributed by atoms with Gasteiger partial charge in [0.2, 0.25) is 0 Å². The summed E-state index contributed by atoms with van der Waals surface area (Å²) in [6.45, 7) is 3.33. The molecule has 25 heavy (non-hydrogen) atoms. The molecule has 6 nitrogen and oxygen atoms in total. The minimum absolute atomic E-state index is 0.0287. The summed E-state index contributed by atoms with van der Waals surface area (Å²) in [5, 5.41) is 13.1. The quantitative estimate of drug-likeness (QED) is 0.580. The number of hydrogen-bond donors (Lipinski definition) is 0. The normalized spacial score (nSPS) is 16.8. The first-order chi connectivity index (χ1) is 12.1. The highest BCUT2D eigenvalue weighted by Gasteiger charge is 2.26. The van der Waals surface area contributed by atoms with Crippen LogP contribution in [0, 0.1) is 17.0 Å². The largest absolute Gasteiger partial charge is 0.376 e. The molecule has 3 rings (SSSR count). The van der Waals surface area contributed by atoms with Gasteiger partial charge < -0.3 is 9.64 Å². The lowest BCUT2D eigenvalue weighted by atomic mass is 10.0. The van der Waals surface area contributed by atoms with Crippen molar-refractivity contribution < 1.29 is 14.5 Å². The zero-order valence-electron chi connectivity index (χ0n) is 14.0. The first-order valence-corrected chi connectivity index (χ1v) is 9.11. The Morgan fingerprint density at radius 3 is 2.88 bits per heavy atom. The van der Waals surface area contributed by atoms with E-state index >= 15 is 0 Å². The lowest BCUT2D eigenvalue weighted by molar-refractivity contribution is -0.385. The Labute approximate surface area is 150 Å². The van der Waals surface area contributed by atoms with Crippen LogP contribution in [-0.2, 0) is 11.3 Å². The van der Waals surface area contributed by atoms with Gasteiger partial charge in [-0.1, -0.05) is 12.1 Å². The van der Waals surface area contributed by atoms with Crippen LogP contribution in [0.15, 0.2) is 35.7 Å². The Bertz CT molecular complexity index is 754. The van der Waals surface area contributed by atoms with E-state index in [9.17, 15) is 14.9 Å². The van der Waals surface area contributed by atoms with E-state index in [0.717, 1.165) is 24.3 Å². The maximum atomic E-state index is 13.1. The van der Waals surface area contributed by atoms with Crippen LogP contribution in [0.5, 0.6) is 0 Å². The number of benzene rings is 1. The molecule has 1 atom stereocenters. The van der Waals surface area contributed by atoms with E-state index in [2.05, 4.69) is 0 Å². The summed E-state index contributed by atoms with van der Waals surface area (Å²) in [5.41, 5.74) is 0.754. The molecule has 1 aliphatic rings. The van der Waals surface area contributed by atoms with Crippen molar-refractivity contribution in [3.8, 4) is 0 Å². The molecule has 1 aromatic carbocycles. The molecule has 0 radical (unpaired) electrons. The highest BCUT2D eigenvalue weighted by molar-refractivity contribution is 7.09. The molecule has 1 amide bonds. The number of thiophene rings is 1. The topological polar surface area (TPSA) is 72.7 Å². The Hall–Kier alpha value is -2.25. The van der Waals surface area contributed by atoms with Crippen molar-refractivity contribution in [2.24, 2.45) is 0 Å². The molecule has 1 unspecified atom stereocenters. The third-order valence-corrected chi connectivity index (χ3v) is 5.26. The van der Waals surface area contributed by atoms with Gasteiger partial charge in [0.1, 0.15) is 0 Å². The minimum Gasteiger partial charge on any atom is -0.376 e. The van der Waals surface area contributed by atoms with Crippen LogP contribution in [0.4, 0.5) is 5.69 Å². The average Bonchev–Trinajstić information content (AvgIpc) is 3.27. The molecule has 1 aromatic heterocycles.